The van der Waals surface area contributed by atoms with Crippen molar-refractivity contribution in [3.63, 3.8) is 0 Å². The maximum Gasteiger partial charge on any atom is -0.0230 e. The Morgan fingerprint density at radius 1 is 1.56 bits per heavy atom. The fourth-order valence-corrected chi connectivity index (χ4v) is 0.753. The summed E-state index contributed by atoms with van der Waals surface area (Å²) in [4.78, 5) is 0. The standard InChI is InChI=1S/C9H16/c1-4-6-7-8-9(3)5-2/h2,5,9H,3-4,6-8H2,1H3. The second-order valence-corrected chi connectivity index (χ2v) is 2.45. The highest BCUT2D eigenvalue weighted by molar-refractivity contribution is 4.77. The molecule has 0 saturated carbocycles. The first-order chi connectivity index (χ1) is 4.31. The van der Waals surface area contributed by atoms with E-state index in [-0.39, 0.29) is 0 Å². The van der Waals surface area contributed by atoms with Gasteiger partial charge in [0.05, 0.1) is 0 Å². The van der Waals surface area contributed by atoms with Crippen LogP contribution >= 0.6 is 0 Å². The van der Waals surface area contributed by atoms with Crippen LogP contribution in [-0.4, -0.2) is 0 Å². The maximum absolute atomic E-state index is 5.27. The van der Waals surface area contributed by atoms with Gasteiger partial charge in [0.2, 0.25) is 0 Å². The Morgan fingerprint density at radius 2 is 2.22 bits per heavy atom. The van der Waals surface area contributed by atoms with Crippen LogP contribution in [0.4, 0.5) is 0 Å². The predicted molar refractivity (Wildman–Crippen MR) is 41.9 cm³/mol. The number of unbranched alkanes of at least 4 members (excludes halogenated alkanes) is 2. The Balaban J connectivity index is 2.96. The second-order valence-electron chi connectivity index (χ2n) is 2.45. The van der Waals surface area contributed by atoms with Crippen LogP contribution < -0.4 is 0 Å². The van der Waals surface area contributed by atoms with Crippen LogP contribution in [-0.2, 0) is 0 Å². The Bertz CT molecular complexity index is 64.4. The minimum Gasteiger partial charge on any atom is -0.0814 e. The van der Waals surface area contributed by atoms with Gasteiger partial charge >= 0.3 is 0 Å². The van der Waals surface area contributed by atoms with Crippen molar-refractivity contribution in [3.8, 4) is 0 Å². The normalized spacial score (nSPS) is 13.1. The van der Waals surface area contributed by atoms with Crippen LogP contribution in [0.5, 0.6) is 0 Å². The molecule has 0 aliphatic heterocycles. The van der Waals surface area contributed by atoms with E-state index >= 15 is 0 Å². The largest absolute Gasteiger partial charge is 0.0814 e. The molecule has 0 aromatic carbocycles. The molecule has 0 amide bonds. The molecule has 0 fully saturated rings. The summed E-state index contributed by atoms with van der Waals surface area (Å²) in [5.41, 5.74) is 0. The van der Waals surface area contributed by atoms with Crippen LogP contribution in [0.2, 0.25) is 0 Å². The highest BCUT2D eigenvalue weighted by atomic mass is 14.0. The molecule has 0 aliphatic rings. The third-order valence-corrected chi connectivity index (χ3v) is 1.45. The lowest BCUT2D eigenvalue weighted by molar-refractivity contribution is 0.609. The Kier molecular flexibility index (Phi) is 5.70. The van der Waals surface area contributed by atoms with E-state index in [1.165, 1.54) is 19.3 Å². The molecular formula is C9H16. The topological polar surface area (TPSA) is 0 Å². The molecule has 52 valence electrons. The van der Waals surface area contributed by atoms with Crippen molar-refractivity contribution in [2.24, 2.45) is 5.92 Å². The van der Waals surface area contributed by atoms with Crippen LogP contribution in [0.25, 0.3) is 0 Å². The summed E-state index contributed by atoms with van der Waals surface area (Å²) in [6, 6.07) is 0. The third-order valence-electron chi connectivity index (χ3n) is 1.45. The Hall–Kier alpha value is -0.260. The summed E-state index contributed by atoms with van der Waals surface area (Å²) in [7, 11) is 0. The second kappa shape index (κ2) is 5.87. The summed E-state index contributed by atoms with van der Waals surface area (Å²) < 4.78 is 0. The van der Waals surface area contributed by atoms with Crippen molar-refractivity contribution in [2.45, 2.75) is 32.6 Å². The molecule has 9 heavy (non-hydrogen) atoms. The van der Waals surface area contributed by atoms with Crippen LogP contribution in [0, 0.1) is 19.4 Å². The SMILES string of the molecule is [CH]=CC([CH2])CCCCC. The van der Waals surface area contributed by atoms with Crippen LogP contribution in [0.1, 0.15) is 32.6 Å². The van der Waals surface area contributed by atoms with Crippen molar-refractivity contribution in [1.82, 2.24) is 0 Å². The van der Waals surface area contributed by atoms with Crippen molar-refractivity contribution in [1.29, 1.82) is 0 Å². The minimum atomic E-state index is 0.358. The number of hydrogen-bond donors (Lipinski definition) is 0. The zero-order chi connectivity index (χ0) is 7.11. The zero-order valence-corrected chi connectivity index (χ0v) is 6.27. The van der Waals surface area contributed by atoms with Gasteiger partial charge in [0.25, 0.3) is 0 Å². The molecule has 0 saturated heterocycles. The monoisotopic (exact) mass is 124 g/mol. The highest BCUT2D eigenvalue weighted by Crippen LogP contribution is 2.08. The molecule has 0 bridgehead atoms. The summed E-state index contributed by atoms with van der Waals surface area (Å²) >= 11 is 0. The van der Waals surface area contributed by atoms with E-state index < -0.39 is 0 Å². The van der Waals surface area contributed by atoms with Gasteiger partial charge in [-0.1, -0.05) is 38.8 Å². The average molecular weight is 124 g/mol. The molecule has 2 radical (unpaired) electrons. The highest BCUT2D eigenvalue weighted by Gasteiger charge is 1.93. The molecule has 0 nitrogen and oxygen atoms in total. The van der Waals surface area contributed by atoms with Crippen molar-refractivity contribution in [3.05, 3.63) is 19.6 Å². The quantitative estimate of drug-likeness (QED) is 0.494. The Morgan fingerprint density at radius 3 is 2.67 bits per heavy atom. The lowest BCUT2D eigenvalue weighted by Gasteiger charge is -2.02. The molecule has 0 aromatic heterocycles. The van der Waals surface area contributed by atoms with Gasteiger partial charge in [-0.25, -0.2) is 0 Å². The average Bonchev–Trinajstić information content (AvgIpc) is 1.89. The lowest BCUT2D eigenvalue weighted by Crippen LogP contribution is -1.88. The summed E-state index contributed by atoms with van der Waals surface area (Å²) in [5, 5.41) is 0. The lowest BCUT2D eigenvalue weighted by atomic mass is 10.0. The molecule has 1 unspecified atom stereocenters. The van der Waals surface area contributed by atoms with E-state index in [1.54, 1.807) is 6.08 Å². The molecule has 0 rings (SSSR count). The third kappa shape index (κ3) is 5.61. The zero-order valence-electron chi connectivity index (χ0n) is 6.27. The van der Waals surface area contributed by atoms with E-state index in [9.17, 15) is 0 Å². The van der Waals surface area contributed by atoms with E-state index in [2.05, 4.69) is 13.8 Å². The molecule has 0 N–H and O–H groups in total. The first kappa shape index (κ1) is 8.74. The minimum absolute atomic E-state index is 0.358. The van der Waals surface area contributed by atoms with E-state index in [0.717, 1.165) is 6.42 Å². The molecule has 0 aromatic rings. The van der Waals surface area contributed by atoms with Gasteiger partial charge in [-0.3, -0.25) is 0 Å². The van der Waals surface area contributed by atoms with Gasteiger partial charge in [-0.05, 0) is 19.3 Å². The smallest absolute Gasteiger partial charge is 0.0230 e. The van der Waals surface area contributed by atoms with Crippen molar-refractivity contribution in [2.75, 3.05) is 0 Å². The van der Waals surface area contributed by atoms with Gasteiger partial charge in [0.15, 0.2) is 0 Å². The van der Waals surface area contributed by atoms with Crippen LogP contribution in [0.15, 0.2) is 6.08 Å². The van der Waals surface area contributed by atoms with E-state index in [4.69, 9.17) is 6.58 Å². The summed E-state index contributed by atoms with van der Waals surface area (Å²) in [6.07, 6.45) is 6.66. The van der Waals surface area contributed by atoms with Gasteiger partial charge in [-0.2, -0.15) is 0 Å². The Labute approximate surface area is 59.0 Å². The first-order valence-corrected chi connectivity index (χ1v) is 3.69. The molecule has 0 spiro atoms. The van der Waals surface area contributed by atoms with Crippen LogP contribution in [0.3, 0.4) is 0 Å². The summed E-state index contributed by atoms with van der Waals surface area (Å²) in [6.45, 7) is 11.3. The predicted octanol–water partition coefficient (Wildman–Crippen LogP) is 3.01. The van der Waals surface area contributed by atoms with Gasteiger partial charge in [-0.15, -0.1) is 0 Å². The number of hydrogen-bond acceptors (Lipinski definition) is 0. The fraction of sp³-hybridized carbons (Fsp3) is 0.667. The van der Waals surface area contributed by atoms with Crippen molar-refractivity contribution < 1.29 is 0 Å². The molecule has 0 heterocycles. The molecule has 0 heteroatoms. The van der Waals surface area contributed by atoms with Gasteiger partial charge < -0.3 is 0 Å². The van der Waals surface area contributed by atoms with Crippen molar-refractivity contribution >= 4 is 0 Å². The van der Waals surface area contributed by atoms with Gasteiger partial charge in [0, 0.05) is 0 Å². The summed E-state index contributed by atoms with van der Waals surface area (Å²) in [5.74, 6) is 0.358. The molecule has 1 atom stereocenters. The van der Waals surface area contributed by atoms with E-state index in [0.29, 0.717) is 5.92 Å². The fourth-order valence-electron chi connectivity index (χ4n) is 0.753. The maximum atomic E-state index is 5.27. The number of rotatable bonds is 5. The molecule has 0 aliphatic carbocycles. The van der Waals surface area contributed by atoms with Gasteiger partial charge in [0.1, 0.15) is 0 Å². The van der Waals surface area contributed by atoms with E-state index in [1.807, 2.05) is 0 Å². The number of allylic oxidation sites excluding steroid dienone is 1. The first-order valence-electron chi connectivity index (χ1n) is 3.69. The molecular weight excluding hydrogens is 108 g/mol.